The number of urea groups is 1. The molecule has 5 heteroatoms. The van der Waals surface area contributed by atoms with Crippen LogP contribution in [0.25, 0.3) is 0 Å². The summed E-state index contributed by atoms with van der Waals surface area (Å²) >= 11 is 0. The molecule has 0 heterocycles. The Labute approximate surface area is 106 Å². The maximum Gasteiger partial charge on any atom is 0.317 e. The standard InChI is InChI=1S/C13H19FN2O2/c1-3-16(4-2)13(18)15-8-10-5-6-12(14)11(7-10)9-17/h5-7,17H,3-4,8-9H2,1-2H3,(H,15,18). The Bertz CT molecular complexity index is 406. The normalized spacial score (nSPS) is 10.2. The van der Waals surface area contributed by atoms with Crippen LogP contribution in [0.15, 0.2) is 18.2 Å². The Kier molecular flexibility index (Phi) is 5.58. The zero-order chi connectivity index (χ0) is 13.5. The number of nitrogens with one attached hydrogen (secondary N) is 1. The number of halogens is 1. The maximum absolute atomic E-state index is 13.2. The van der Waals surface area contributed by atoms with Gasteiger partial charge in [0.25, 0.3) is 0 Å². The molecule has 0 aliphatic heterocycles. The number of hydrogen-bond acceptors (Lipinski definition) is 2. The molecule has 2 amide bonds. The number of hydrogen-bond donors (Lipinski definition) is 2. The lowest BCUT2D eigenvalue weighted by Crippen LogP contribution is -2.39. The number of aliphatic hydroxyl groups is 1. The monoisotopic (exact) mass is 254 g/mol. The van der Waals surface area contributed by atoms with Gasteiger partial charge in [-0.2, -0.15) is 0 Å². The summed E-state index contributed by atoms with van der Waals surface area (Å²) in [5, 5.41) is 11.7. The molecule has 1 aromatic carbocycles. The summed E-state index contributed by atoms with van der Waals surface area (Å²) in [7, 11) is 0. The maximum atomic E-state index is 13.2. The average Bonchev–Trinajstić information content (AvgIpc) is 2.39. The van der Waals surface area contributed by atoms with Gasteiger partial charge in [-0.3, -0.25) is 0 Å². The van der Waals surface area contributed by atoms with Gasteiger partial charge in [0.15, 0.2) is 0 Å². The van der Waals surface area contributed by atoms with E-state index >= 15 is 0 Å². The Balaban J connectivity index is 2.61. The van der Waals surface area contributed by atoms with E-state index in [-0.39, 0.29) is 18.2 Å². The van der Waals surface area contributed by atoms with Gasteiger partial charge >= 0.3 is 6.03 Å². The van der Waals surface area contributed by atoms with Crippen molar-refractivity contribution in [1.82, 2.24) is 10.2 Å². The van der Waals surface area contributed by atoms with Gasteiger partial charge in [-0.1, -0.05) is 6.07 Å². The second-order valence-electron chi connectivity index (χ2n) is 3.91. The fourth-order valence-electron chi connectivity index (χ4n) is 1.66. The number of amides is 2. The van der Waals surface area contributed by atoms with Gasteiger partial charge in [-0.15, -0.1) is 0 Å². The number of carbonyl (C=O) groups excluding carboxylic acids is 1. The summed E-state index contributed by atoms with van der Waals surface area (Å²) in [6, 6.07) is 4.30. The van der Waals surface area contributed by atoms with E-state index in [0.29, 0.717) is 19.6 Å². The van der Waals surface area contributed by atoms with Gasteiger partial charge in [-0.05, 0) is 31.5 Å². The van der Waals surface area contributed by atoms with Crippen molar-refractivity contribution in [2.45, 2.75) is 27.0 Å². The minimum Gasteiger partial charge on any atom is -0.392 e. The highest BCUT2D eigenvalue weighted by Crippen LogP contribution is 2.10. The molecule has 0 spiro atoms. The van der Waals surface area contributed by atoms with Crippen LogP contribution in [0.4, 0.5) is 9.18 Å². The van der Waals surface area contributed by atoms with Crippen molar-refractivity contribution in [2.24, 2.45) is 0 Å². The molecule has 100 valence electrons. The minimum absolute atomic E-state index is 0.144. The molecule has 0 bridgehead atoms. The zero-order valence-corrected chi connectivity index (χ0v) is 10.7. The van der Waals surface area contributed by atoms with Crippen LogP contribution in [0.2, 0.25) is 0 Å². The molecule has 2 N–H and O–H groups in total. The van der Waals surface area contributed by atoms with Crippen molar-refractivity contribution in [3.05, 3.63) is 35.1 Å². The van der Waals surface area contributed by atoms with Crippen LogP contribution in [0, 0.1) is 5.82 Å². The molecule has 18 heavy (non-hydrogen) atoms. The number of carbonyl (C=O) groups is 1. The Morgan fingerprint density at radius 1 is 1.39 bits per heavy atom. The van der Waals surface area contributed by atoms with Gasteiger partial charge in [0.2, 0.25) is 0 Å². The molecule has 0 radical (unpaired) electrons. The molecule has 0 aliphatic rings. The van der Waals surface area contributed by atoms with Crippen LogP contribution >= 0.6 is 0 Å². The predicted molar refractivity (Wildman–Crippen MR) is 67.5 cm³/mol. The Morgan fingerprint density at radius 2 is 2.06 bits per heavy atom. The lowest BCUT2D eigenvalue weighted by Gasteiger charge is -2.19. The highest BCUT2D eigenvalue weighted by molar-refractivity contribution is 5.74. The largest absolute Gasteiger partial charge is 0.392 e. The molecule has 0 aliphatic carbocycles. The molecule has 0 unspecified atom stereocenters. The van der Waals surface area contributed by atoms with Crippen LogP contribution in [0.5, 0.6) is 0 Å². The first-order chi connectivity index (χ1) is 8.62. The van der Waals surface area contributed by atoms with Crippen LogP contribution in [0.3, 0.4) is 0 Å². The van der Waals surface area contributed by atoms with E-state index in [9.17, 15) is 9.18 Å². The molecule has 0 saturated carbocycles. The van der Waals surface area contributed by atoms with Crippen molar-refractivity contribution in [3.63, 3.8) is 0 Å². The minimum atomic E-state index is -0.434. The van der Waals surface area contributed by atoms with E-state index in [1.54, 1.807) is 17.0 Å². The van der Waals surface area contributed by atoms with Crippen molar-refractivity contribution in [1.29, 1.82) is 0 Å². The third-order valence-electron chi connectivity index (χ3n) is 2.77. The van der Waals surface area contributed by atoms with Crippen LogP contribution in [0.1, 0.15) is 25.0 Å². The molecular formula is C13H19FN2O2. The first-order valence-electron chi connectivity index (χ1n) is 6.03. The second kappa shape index (κ2) is 6.96. The average molecular weight is 254 g/mol. The summed E-state index contributed by atoms with van der Waals surface area (Å²) in [6.45, 7) is 5.09. The van der Waals surface area contributed by atoms with E-state index < -0.39 is 5.82 Å². The van der Waals surface area contributed by atoms with Gasteiger partial charge < -0.3 is 15.3 Å². The Morgan fingerprint density at radius 3 is 2.61 bits per heavy atom. The third-order valence-corrected chi connectivity index (χ3v) is 2.77. The SMILES string of the molecule is CCN(CC)C(=O)NCc1ccc(F)c(CO)c1. The number of nitrogens with zero attached hydrogens (tertiary/aromatic N) is 1. The summed E-state index contributed by atoms with van der Waals surface area (Å²) in [4.78, 5) is 13.4. The number of aliphatic hydroxyl groups excluding tert-OH is 1. The highest BCUT2D eigenvalue weighted by Gasteiger charge is 2.09. The molecule has 1 aromatic rings. The summed E-state index contributed by atoms with van der Waals surface area (Å²) in [5.74, 6) is -0.434. The second-order valence-corrected chi connectivity index (χ2v) is 3.91. The smallest absolute Gasteiger partial charge is 0.317 e. The van der Waals surface area contributed by atoms with E-state index in [1.165, 1.54) is 6.07 Å². The van der Waals surface area contributed by atoms with E-state index in [1.807, 2.05) is 13.8 Å². The van der Waals surface area contributed by atoms with Gasteiger partial charge in [0.1, 0.15) is 5.82 Å². The quantitative estimate of drug-likeness (QED) is 0.842. The predicted octanol–water partition coefficient (Wildman–Crippen LogP) is 1.87. The van der Waals surface area contributed by atoms with Gasteiger partial charge in [-0.25, -0.2) is 9.18 Å². The number of benzene rings is 1. The van der Waals surface area contributed by atoms with Gasteiger partial charge in [0.05, 0.1) is 6.61 Å². The zero-order valence-electron chi connectivity index (χ0n) is 10.7. The van der Waals surface area contributed by atoms with Crippen molar-refractivity contribution < 1.29 is 14.3 Å². The van der Waals surface area contributed by atoms with Crippen LogP contribution in [-0.4, -0.2) is 29.1 Å². The summed E-state index contributed by atoms with van der Waals surface area (Å²) < 4.78 is 13.2. The molecule has 0 fully saturated rings. The lowest BCUT2D eigenvalue weighted by molar-refractivity contribution is 0.203. The van der Waals surface area contributed by atoms with Crippen LogP contribution < -0.4 is 5.32 Å². The molecule has 0 atom stereocenters. The molecule has 1 rings (SSSR count). The fraction of sp³-hybridized carbons (Fsp3) is 0.462. The molecular weight excluding hydrogens is 235 g/mol. The fourth-order valence-corrected chi connectivity index (χ4v) is 1.66. The summed E-state index contributed by atoms with van der Waals surface area (Å²) in [6.07, 6.45) is 0. The Hall–Kier alpha value is -1.62. The lowest BCUT2D eigenvalue weighted by atomic mass is 10.1. The first kappa shape index (κ1) is 14.4. The van der Waals surface area contributed by atoms with E-state index in [4.69, 9.17) is 5.11 Å². The molecule has 0 saturated heterocycles. The highest BCUT2D eigenvalue weighted by atomic mass is 19.1. The van der Waals surface area contributed by atoms with Crippen molar-refractivity contribution >= 4 is 6.03 Å². The van der Waals surface area contributed by atoms with Crippen molar-refractivity contribution in [3.8, 4) is 0 Å². The summed E-state index contributed by atoms with van der Waals surface area (Å²) in [5.41, 5.74) is 1.01. The third kappa shape index (κ3) is 3.70. The first-order valence-corrected chi connectivity index (χ1v) is 6.03. The van der Waals surface area contributed by atoms with E-state index in [0.717, 1.165) is 5.56 Å². The molecule has 0 aromatic heterocycles. The van der Waals surface area contributed by atoms with Gasteiger partial charge in [0, 0.05) is 25.2 Å². The van der Waals surface area contributed by atoms with Crippen LogP contribution in [-0.2, 0) is 13.2 Å². The molecule has 4 nitrogen and oxygen atoms in total. The topological polar surface area (TPSA) is 52.6 Å². The number of rotatable bonds is 5. The van der Waals surface area contributed by atoms with Crippen molar-refractivity contribution in [2.75, 3.05) is 13.1 Å². The van der Waals surface area contributed by atoms with E-state index in [2.05, 4.69) is 5.32 Å².